The number of carbonyl (C=O) groups is 2. The van der Waals surface area contributed by atoms with E-state index in [2.05, 4.69) is 10.1 Å². The number of fused-ring (bicyclic) bond motifs is 1. The highest BCUT2D eigenvalue weighted by atomic mass is 16.2. The lowest BCUT2D eigenvalue weighted by atomic mass is 10.1. The quantitative estimate of drug-likeness (QED) is 0.411. The molecular formula is C22H15N3O2. The zero-order valence-corrected chi connectivity index (χ0v) is 14.3. The Hall–Kier alpha value is -3.86. The summed E-state index contributed by atoms with van der Waals surface area (Å²) in [5, 5.41) is 4.97. The average molecular weight is 353 g/mol. The second-order valence-corrected chi connectivity index (χ2v) is 5.96. The third-order valence-electron chi connectivity index (χ3n) is 4.15. The fourth-order valence-corrected chi connectivity index (χ4v) is 2.73. The number of para-hydroxylation sites is 1. The molecule has 2 heterocycles. The number of hydrogen-bond acceptors (Lipinski definition) is 4. The Morgan fingerprint density at radius 3 is 2.41 bits per heavy atom. The van der Waals surface area contributed by atoms with Crippen molar-refractivity contribution < 1.29 is 9.59 Å². The topological polar surface area (TPSA) is 64.8 Å². The summed E-state index contributed by atoms with van der Waals surface area (Å²) in [5.41, 5.74) is 2.57. The van der Waals surface area contributed by atoms with Gasteiger partial charge in [0.05, 0.1) is 11.2 Å². The van der Waals surface area contributed by atoms with Crippen molar-refractivity contribution in [2.45, 2.75) is 0 Å². The van der Waals surface area contributed by atoms with Gasteiger partial charge in [-0.25, -0.2) is 9.67 Å². The second kappa shape index (κ2) is 7.17. The molecular weight excluding hydrogens is 338 g/mol. The Balaban J connectivity index is 1.50. The van der Waals surface area contributed by atoms with E-state index >= 15 is 0 Å². The van der Waals surface area contributed by atoms with Crippen LogP contribution in [-0.4, -0.2) is 26.5 Å². The van der Waals surface area contributed by atoms with Crippen LogP contribution in [0.2, 0.25) is 0 Å². The standard InChI is InChI=1S/C22H15N3O2/c26-21(13-12-19-11-10-16-4-1-2-5-20(16)24-19)17-6-8-18(9-7-17)22(27)25-15-3-14-23-25/h1-15H. The number of aromatic nitrogens is 3. The van der Waals surface area contributed by atoms with Crippen LogP contribution in [0, 0.1) is 0 Å². The van der Waals surface area contributed by atoms with Gasteiger partial charge in [-0.05, 0) is 42.5 Å². The molecule has 2 aromatic carbocycles. The summed E-state index contributed by atoms with van der Waals surface area (Å²) in [5.74, 6) is -0.391. The molecule has 0 aliphatic heterocycles. The maximum absolute atomic E-state index is 12.4. The van der Waals surface area contributed by atoms with Gasteiger partial charge in [-0.2, -0.15) is 5.10 Å². The average Bonchev–Trinajstić information content (AvgIpc) is 3.26. The molecule has 5 nitrogen and oxygen atoms in total. The zero-order valence-electron chi connectivity index (χ0n) is 14.3. The SMILES string of the molecule is O=C(C=Cc1ccc2ccccc2n1)c1ccc(C(=O)n2cccn2)cc1. The largest absolute Gasteiger partial charge is 0.289 e. The van der Waals surface area contributed by atoms with Gasteiger partial charge >= 0.3 is 0 Å². The van der Waals surface area contributed by atoms with Crippen LogP contribution < -0.4 is 0 Å². The lowest BCUT2D eigenvalue weighted by molar-refractivity contribution is 0.0944. The van der Waals surface area contributed by atoms with Crippen molar-refractivity contribution in [1.29, 1.82) is 0 Å². The van der Waals surface area contributed by atoms with Gasteiger partial charge in [0.15, 0.2) is 5.78 Å². The summed E-state index contributed by atoms with van der Waals surface area (Å²) in [6.45, 7) is 0. The summed E-state index contributed by atoms with van der Waals surface area (Å²) >= 11 is 0. The first kappa shape index (κ1) is 16.6. The van der Waals surface area contributed by atoms with E-state index in [9.17, 15) is 9.59 Å². The normalized spacial score (nSPS) is 11.1. The second-order valence-electron chi connectivity index (χ2n) is 5.96. The molecule has 0 unspecified atom stereocenters. The van der Waals surface area contributed by atoms with Crippen molar-refractivity contribution in [3.8, 4) is 0 Å². The summed E-state index contributed by atoms with van der Waals surface area (Å²) in [6.07, 6.45) is 6.31. The maximum Gasteiger partial charge on any atom is 0.278 e. The molecule has 27 heavy (non-hydrogen) atoms. The molecule has 0 spiro atoms. The monoisotopic (exact) mass is 353 g/mol. The van der Waals surface area contributed by atoms with Crippen molar-refractivity contribution in [3.05, 3.63) is 102 Å². The van der Waals surface area contributed by atoms with E-state index in [0.717, 1.165) is 10.9 Å². The van der Waals surface area contributed by atoms with Crippen molar-refractivity contribution in [2.75, 3.05) is 0 Å². The van der Waals surface area contributed by atoms with Crippen LogP contribution in [0.5, 0.6) is 0 Å². The van der Waals surface area contributed by atoms with Gasteiger partial charge in [-0.3, -0.25) is 9.59 Å². The predicted octanol–water partition coefficient (Wildman–Crippen LogP) is 4.02. The molecule has 0 amide bonds. The van der Waals surface area contributed by atoms with E-state index < -0.39 is 0 Å². The van der Waals surface area contributed by atoms with Crippen molar-refractivity contribution in [3.63, 3.8) is 0 Å². The van der Waals surface area contributed by atoms with E-state index in [-0.39, 0.29) is 11.7 Å². The van der Waals surface area contributed by atoms with Gasteiger partial charge in [0.2, 0.25) is 0 Å². The number of ketones is 1. The Bertz CT molecular complexity index is 1140. The molecule has 5 heteroatoms. The summed E-state index contributed by atoms with van der Waals surface area (Å²) < 4.78 is 1.25. The van der Waals surface area contributed by atoms with Gasteiger partial charge in [-0.1, -0.05) is 36.4 Å². The molecule has 4 aromatic rings. The molecule has 0 bridgehead atoms. The fourth-order valence-electron chi connectivity index (χ4n) is 2.73. The lowest BCUT2D eigenvalue weighted by Crippen LogP contribution is -2.12. The predicted molar refractivity (Wildman–Crippen MR) is 104 cm³/mol. The first-order valence-corrected chi connectivity index (χ1v) is 8.43. The number of pyridine rings is 1. The smallest absolute Gasteiger partial charge is 0.278 e. The minimum atomic E-state index is -0.241. The van der Waals surface area contributed by atoms with Crippen LogP contribution in [0.1, 0.15) is 26.4 Å². The zero-order chi connectivity index (χ0) is 18.6. The van der Waals surface area contributed by atoms with E-state index in [1.807, 2.05) is 36.4 Å². The van der Waals surface area contributed by atoms with Crippen molar-refractivity contribution in [2.24, 2.45) is 0 Å². The van der Waals surface area contributed by atoms with Gasteiger partial charge in [0, 0.05) is 28.9 Å². The van der Waals surface area contributed by atoms with Crippen LogP contribution in [0.4, 0.5) is 0 Å². The molecule has 0 saturated heterocycles. The van der Waals surface area contributed by atoms with Gasteiger partial charge in [0.25, 0.3) is 5.91 Å². The molecule has 0 saturated carbocycles. The molecule has 0 fully saturated rings. The fraction of sp³-hybridized carbons (Fsp3) is 0. The van der Waals surface area contributed by atoms with Gasteiger partial charge in [-0.15, -0.1) is 0 Å². The number of rotatable bonds is 4. The minimum Gasteiger partial charge on any atom is -0.289 e. The first-order valence-electron chi connectivity index (χ1n) is 8.43. The molecule has 4 rings (SSSR count). The highest BCUT2D eigenvalue weighted by molar-refractivity contribution is 6.07. The third kappa shape index (κ3) is 3.57. The van der Waals surface area contributed by atoms with Crippen LogP contribution in [0.15, 0.2) is 85.2 Å². The first-order chi connectivity index (χ1) is 13.2. The Kier molecular flexibility index (Phi) is 4.41. The summed E-state index contributed by atoms with van der Waals surface area (Å²) in [6, 6.07) is 19.9. The third-order valence-corrected chi connectivity index (χ3v) is 4.15. The molecule has 0 radical (unpaired) electrons. The Morgan fingerprint density at radius 1 is 0.852 bits per heavy atom. The van der Waals surface area contributed by atoms with Crippen LogP contribution in [0.3, 0.4) is 0 Å². The number of nitrogens with zero attached hydrogens (tertiary/aromatic N) is 3. The summed E-state index contributed by atoms with van der Waals surface area (Å²) in [4.78, 5) is 29.1. The number of carbonyl (C=O) groups excluding carboxylic acids is 2. The lowest BCUT2D eigenvalue weighted by Gasteiger charge is -2.02. The van der Waals surface area contributed by atoms with Gasteiger partial charge in [0.1, 0.15) is 0 Å². The maximum atomic E-state index is 12.4. The summed E-state index contributed by atoms with van der Waals surface area (Å²) in [7, 11) is 0. The van der Waals surface area contributed by atoms with E-state index in [0.29, 0.717) is 16.8 Å². The number of allylic oxidation sites excluding steroid dienone is 1. The number of hydrogen-bond donors (Lipinski definition) is 0. The molecule has 0 N–H and O–H groups in total. The van der Waals surface area contributed by atoms with E-state index in [1.54, 1.807) is 48.8 Å². The van der Waals surface area contributed by atoms with E-state index in [4.69, 9.17) is 0 Å². The van der Waals surface area contributed by atoms with Gasteiger partial charge < -0.3 is 0 Å². The molecule has 2 aromatic heterocycles. The van der Waals surface area contributed by atoms with E-state index in [1.165, 1.54) is 10.8 Å². The molecule has 130 valence electrons. The van der Waals surface area contributed by atoms with Crippen molar-refractivity contribution >= 4 is 28.7 Å². The number of benzene rings is 2. The Morgan fingerprint density at radius 2 is 1.63 bits per heavy atom. The molecule has 0 aliphatic carbocycles. The van der Waals surface area contributed by atoms with Crippen LogP contribution >= 0.6 is 0 Å². The highest BCUT2D eigenvalue weighted by Gasteiger charge is 2.09. The van der Waals surface area contributed by atoms with Crippen LogP contribution in [-0.2, 0) is 0 Å². The highest BCUT2D eigenvalue weighted by Crippen LogP contribution is 2.13. The Labute approximate surface area is 155 Å². The molecule has 0 atom stereocenters. The minimum absolute atomic E-state index is 0.150. The van der Waals surface area contributed by atoms with Crippen molar-refractivity contribution in [1.82, 2.24) is 14.8 Å². The molecule has 0 aliphatic rings. The van der Waals surface area contributed by atoms with Crippen LogP contribution in [0.25, 0.3) is 17.0 Å².